The van der Waals surface area contributed by atoms with Crippen LogP contribution in [0.2, 0.25) is 0 Å². The second-order valence-electron chi connectivity index (χ2n) is 4.82. The average molecular weight is 345 g/mol. The molecule has 3 rings (SSSR count). The number of carbonyl (C=O) groups excluding carboxylic acids is 1. The van der Waals surface area contributed by atoms with E-state index in [2.05, 4.69) is 10.1 Å². The fourth-order valence-electron chi connectivity index (χ4n) is 2.02. The van der Waals surface area contributed by atoms with Gasteiger partial charge in [-0.2, -0.15) is 4.98 Å². The fraction of sp³-hybridized carbons (Fsp3) is 0.133. The van der Waals surface area contributed by atoms with Crippen molar-refractivity contribution in [2.75, 3.05) is 0 Å². The molecule has 2 heterocycles. The lowest BCUT2D eigenvalue weighted by molar-refractivity contribution is -0.385. The number of hydrogen-bond donors (Lipinski definition) is 0. The third-order valence-electron chi connectivity index (χ3n) is 3.17. The van der Waals surface area contributed by atoms with E-state index in [1.807, 2.05) is 17.5 Å². The number of aryl methyl sites for hydroxylation is 1. The number of nitro groups is 1. The van der Waals surface area contributed by atoms with Crippen molar-refractivity contribution in [1.82, 2.24) is 10.1 Å². The van der Waals surface area contributed by atoms with E-state index in [1.165, 1.54) is 29.5 Å². The minimum absolute atomic E-state index is 0.0518. The summed E-state index contributed by atoms with van der Waals surface area (Å²) in [5.74, 6) is -0.0171. The largest absolute Gasteiger partial charge is 0.452 e. The summed E-state index contributed by atoms with van der Waals surface area (Å²) in [6.07, 6.45) is 0. The fourth-order valence-corrected chi connectivity index (χ4v) is 2.67. The quantitative estimate of drug-likeness (QED) is 0.396. The third kappa shape index (κ3) is 3.30. The van der Waals surface area contributed by atoms with Gasteiger partial charge >= 0.3 is 5.97 Å². The standard InChI is InChI=1S/C15H11N3O5S/c1-9-7-10(4-5-11(9)18(20)21)15(19)22-8-13-16-14(17-23-13)12-3-2-6-24-12/h2-7H,8H2,1H3. The minimum atomic E-state index is -0.621. The van der Waals surface area contributed by atoms with Crippen LogP contribution < -0.4 is 0 Å². The summed E-state index contributed by atoms with van der Waals surface area (Å²) >= 11 is 1.47. The van der Waals surface area contributed by atoms with Gasteiger partial charge in [0.15, 0.2) is 6.61 Å². The van der Waals surface area contributed by atoms with E-state index < -0.39 is 10.9 Å². The van der Waals surface area contributed by atoms with Gasteiger partial charge in [-0.15, -0.1) is 11.3 Å². The summed E-state index contributed by atoms with van der Waals surface area (Å²) in [4.78, 5) is 27.3. The van der Waals surface area contributed by atoms with E-state index in [0.717, 1.165) is 4.88 Å². The lowest BCUT2D eigenvalue weighted by Crippen LogP contribution is -2.06. The summed E-state index contributed by atoms with van der Waals surface area (Å²) in [5.41, 5.74) is 0.548. The van der Waals surface area contributed by atoms with Crippen LogP contribution in [0.15, 0.2) is 40.2 Å². The second kappa shape index (κ2) is 6.59. The van der Waals surface area contributed by atoms with Gasteiger partial charge in [-0.05, 0) is 30.5 Å². The Morgan fingerprint density at radius 2 is 2.25 bits per heavy atom. The molecule has 24 heavy (non-hydrogen) atoms. The topological polar surface area (TPSA) is 108 Å². The number of nitrogens with zero attached hydrogens (tertiary/aromatic N) is 3. The Kier molecular flexibility index (Phi) is 4.34. The first-order valence-corrected chi connectivity index (χ1v) is 7.71. The average Bonchev–Trinajstić information content (AvgIpc) is 3.23. The van der Waals surface area contributed by atoms with Crippen LogP contribution in [0.1, 0.15) is 21.8 Å². The van der Waals surface area contributed by atoms with Crippen LogP contribution in [-0.4, -0.2) is 21.0 Å². The van der Waals surface area contributed by atoms with Crippen LogP contribution in [0, 0.1) is 17.0 Å². The molecule has 0 spiro atoms. The van der Waals surface area contributed by atoms with E-state index in [0.29, 0.717) is 11.4 Å². The first kappa shape index (κ1) is 15.8. The Labute approximate surface area is 139 Å². The number of esters is 1. The first-order chi connectivity index (χ1) is 11.5. The number of hydrogen-bond acceptors (Lipinski definition) is 8. The van der Waals surface area contributed by atoms with E-state index in [1.54, 1.807) is 6.92 Å². The number of aromatic nitrogens is 2. The molecule has 0 unspecified atom stereocenters. The van der Waals surface area contributed by atoms with Crippen molar-refractivity contribution in [1.29, 1.82) is 0 Å². The minimum Gasteiger partial charge on any atom is -0.452 e. The van der Waals surface area contributed by atoms with Crippen molar-refractivity contribution in [3.63, 3.8) is 0 Å². The van der Waals surface area contributed by atoms with E-state index in [4.69, 9.17) is 9.26 Å². The van der Waals surface area contributed by atoms with Crippen molar-refractivity contribution >= 4 is 23.0 Å². The molecule has 0 bridgehead atoms. The molecule has 9 heteroatoms. The molecular formula is C15H11N3O5S. The number of carbonyl (C=O) groups is 1. The van der Waals surface area contributed by atoms with Crippen molar-refractivity contribution in [3.8, 4) is 10.7 Å². The van der Waals surface area contributed by atoms with Gasteiger partial charge < -0.3 is 9.26 Å². The molecule has 0 atom stereocenters. The van der Waals surface area contributed by atoms with Crippen LogP contribution in [0.25, 0.3) is 10.7 Å². The molecule has 0 radical (unpaired) electrons. The zero-order valence-corrected chi connectivity index (χ0v) is 13.3. The molecule has 2 aromatic heterocycles. The summed E-state index contributed by atoms with van der Waals surface area (Å²) in [6.45, 7) is 1.38. The van der Waals surface area contributed by atoms with Gasteiger partial charge in [0.25, 0.3) is 11.6 Å². The van der Waals surface area contributed by atoms with Gasteiger partial charge in [0.1, 0.15) is 0 Å². The molecular weight excluding hydrogens is 334 g/mol. The van der Waals surface area contributed by atoms with Gasteiger partial charge in [-0.1, -0.05) is 11.2 Å². The third-order valence-corrected chi connectivity index (χ3v) is 4.03. The Bertz CT molecular complexity index is 888. The number of ether oxygens (including phenoxy) is 1. The number of benzene rings is 1. The maximum atomic E-state index is 12.0. The zero-order valence-electron chi connectivity index (χ0n) is 12.5. The Morgan fingerprint density at radius 1 is 1.42 bits per heavy atom. The van der Waals surface area contributed by atoms with Crippen LogP contribution in [-0.2, 0) is 11.3 Å². The normalized spacial score (nSPS) is 10.5. The van der Waals surface area contributed by atoms with Crippen LogP contribution in [0.5, 0.6) is 0 Å². The predicted molar refractivity (Wildman–Crippen MR) is 84.6 cm³/mol. The Hall–Kier alpha value is -3.07. The van der Waals surface area contributed by atoms with Gasteiger partial charge in [0.05, 0.1) is 15.4 Å². The van der Waals surface area contributed by atoms with E-state index in [-0.39, 0.29) is 23.7 Å². The molecule has 8 nitrogen and oxygen atoms in total. The van der Waals surface area contributed by atoms with Crippen molar-refractivity contribution in [2.45, 2.75) is 13.5 Å². The Morgan fingerprint density at radius 3 is 2.92 bits per heavy atom. The maximum absolute atomic E-state index is 12.0. The summed E-state index contributed by atoms with van der Waals surface area (Å²) in [5, 5.41) is 16.5. The van der Waals surface area contributed by atoms with Crippen LogP contribution in [0.3, 0.4) is 0 Å². The summed E-state index contributed by atoms with van der Waals surface area (Å²) < 4.78 is 10.1. The summed E-state index contributed by atoms with van der Waals surface area (Å²) in [7, 11) is 0. The molecule has 0 fully saturated rings. The highest BCUT2D eigenvalue weighted by Gasteiger charge is 2.16. The smallest absolute Gasteiger partial charge is 0.338 e. The number of rotatable bonds is 5. The lowest BCUT2D eigenvalue weighted by Gasteiger charge is -2.03. The molecule has 122 valence electrons. The number of thiophene rings is 1. The molecule has 0 aliphatic carbocycles. The Balaban J connectivity index is 1.65. The first-order valence-electron chi connectivity index (χ1n) is 6.83. The summed E-state index contributed by atoms with van der Waals surface area (Å²) in [6, 6.07) is 7.75. The highest BCUT2D eigenvalue weighted by Crippen LogP contribution is 2.22. The lowest BCUT2D eigenvalue weighted by atomic mass is 10.1. The van der Waals surface area contributed by atoms with E-state index in [9.17, 15) is 14.9 Å². The highest BCUT2D eigenvalue weighted by atomic mass is 32.1. The molecule has 0 aliphatic heterocycles. The zero-order chi connectivity index (χ0) is 17.1. The monoisotopic (exact) mass is 345 g/mol. The molecule has 1 aromatic carbocycles. The van der Waals surface area contributed by atoms with E-state index >= 15 is 0 Å². The van der Waals surface area contributed by atoms with Gasteiger partial charge in [-0.3, -0.25) is 10.1 Å². The van der Waals surface area contributed by atoms with Crippen molar-refractivity contribution in [3.05, 3.63) is 62.8 Å². The van der Waals surface area contributed by atoms with Crippen molar-refractivity contribution in [2.24, 2.45) is 0 Å². The predicted octanol–water partition coefficient (Wildman–Crippen LogP) is 3.37. The molecule has 0 saturated carbocycles. The number of nitro benzene ring substituents is 1. The molecule has 0 aliphatic rings. The van der Waals surface area contributed by atoms with Crippen LogP contribution >= 0.6 is 11.3 Å². The maximum Gasteiger partial charge on any atom is 0.338 e. The van der Waals surface area contributed by atoms with Gasteiger partial charge in [-0.25, -0.2) is 4.79 Å². The second-order valence-corrected chi connectivity index (χ2v) is 5.77. The molecule has 0 saturated heterocycles. The van der Waals surface area contributed by atoms with Gasteiger partial charge in [0.2, 0.25) is 5.82 Å². The highest BCUT2D eigenvalue weighted by molar-refractivity contribution is 7.13. The molecule has 0 amide bonds. The van der Waals surface area contributed by atoms with Crippen LogP contribution in [0.4, 0.5) is 5.69 Å². The molecule has 3 aromatic rings. The van der Waals surface area contributed by atoms with Gasteiger partial charge in [0, 0.05) is 11.6 Å². The molecule has 0 N–H and O–H groups in total. The van der Waals surface area contributed by atoms with Crippen molar-refractivity contribution < 1.29 is 19.0 Å². The SMILES string of the molecule is Cc1cc(C(=O)OCc2nc(-c3cccs3)no2)ccc1[N+](=O)[O-].